The molecule has 5 heteroatoms. The van der Waals surface area contributed by atoms with Crippen molar-refractivity contribution in [3.8, 4) is 0 Å². The van der Waals surface area contributed by atoms with E-state index >= 15 is 0 Å². The Morgan fingerprint density at radius 1 is 1.45 bits per heavy atom. The minimum Gasteiger partial charge on any atom is -0.381 e. The van der Waals surface area contributed by atoms with E-state index in [-0.39, 0.29) is 0 Å². The number of carbonyl (C=O) groups is 1. The first-order chi connectivity index (χ1) is 9.74. The number of anilines is 1. The first-order valence-electron chi connectivity index (χ1n) is 6.81. The van der Waals surface area contributed by atoms with E-state index in [1.54, 1.807) is 5.06 Å². The smallest absolute Gasteiger partial charge is 0.246 e. The van der Waals surface area contributed by atoms with E-state index in [1.807, 2.05) is 30.3 Å². The number of ether oxygens (including phenoxy) is 1. The van der Waals surface area contributed by atoms with E-state index < -0.39 is 5.91 Å². The molecule has 1 saturated heterocycles. The van der Waals surface area contributed by atoms with Crippen LogP contribution in [0.5, 0.6) is 0 Å². The van der Waals surface area contributed by atoms with Gasteiger partial charge in [0.2, 0.25) is 5.91 Å². The van der Waals surface area contributed by atoms with Crippen molar-refractivity contribution in [1.29, 1.82) is 0 Å². The molecule has 20 heavy (non-hydrogen) atoms. The summed E-state index contributed by atoms with van der Waals surface area (Å²) in [4.78, 5) is 17.3. The van der Waals surface area contributed by atoms with Gasteiger partial charge in [0.1, 0.15) is 0 Å². The number of amides is 1. The lowest BCUT2D eigenvalue weighted by Crippen LogP contribution is -2.34. The van der Waals surface area contributed by atoms with Gasteiger partial charge in [-0.25, -0.2) is 5.06 Å². The molecule has 106 valence electrons. The van der Waals surface area contributed by atoms with Gasteiger partial charge in [0.15, 0.2) is 0 Å². The zero-order valence-corrected chi connectivity index (χ0v) is 11.2. The van der Waals surface area contributed by atoms with E-state index in [4.69, 9.17) is 15.3 Å². The molecule has 0 aliphatic carbocycles. The minimum atomic E-state index is -0.405. The molecule has 2 N–H and O–H groups in total. The van der Waals surface area contributed by atoms with Gasteiger partial charge in [-0.15, -0.1) is 0 Å². The van der Waals surface area contributed by atoms with Crippen molar-refractivity contribution < 1.29 is 14.4 Å². The summed E-state index contributed by atoms with van der Waals surface area (Å²) in [6, 6.07) is 7.82. The summed E-state index contributed by atoms with van der Waals surface area (Å²) in [7, 11) is 0. The van der Waals surface area contributed by atoms with Gasteiger partial charge in [-0.05, 0) is 18.6 Å². The molecule has 1 aromatic carbocycles. The molecule has 2 aliphatic heterocycles. The molecule has 0 spiro atoms. The van der Waals surface area contributed by atoms with Crippen molar-refractivity contribution in [1.82, 2.24) is 0 Å². The number of rotatable bonds is 4. The number of para-hydroxylation sites is 1. The summed E-state index contributed by atoms with van der Waals surface area (Å²) < 4.78 is 5.34. The van der Waals surface area contributed by atoms with Crippen LogP contribution in [0, 0.1) is 5.92 Å². The van der Waals surface area contributed by atoms with Crippen molar-refractivity contribution in [2.24, 2.45) is 11.7 Å². The molecular formula is C15H18N2O3. The van der Waals surface area contributed by atoms with Gasteiger partial charge in [-0.1, -0.05) is 18.2 Å². The summed E-state index contributed by atoms with van der Waals surface area (Å²) >= 11 is 0. The first-order valence-corrected chi connectivity index (χ1v) is 6.81. The van der Waals surface area contributed by atoms with Crippen LogP contribution >= 0.6 is 0 Å². The molecule has 1 unspecified atom stereocenters. The number of nitrogens with two attached hydrogens (primary N) is 1. The van der Waals surface area contributed by atoms with Gasteiger partial charge in [-0.3, -0.25) is 9.63 Å². The monoisotopic (exact) mass is 274 g/mol. The second kappa shape index (κ2) is 5.64. The third-order valence-corrected chi connectivity index (χ3v) is 3.66. The summed E-state index contributed by atoms with van der Waals surface area (Å²) in [5, 5.41) is 1.76. The van der Waals surface area contributed by atoms with Crippen LogP contribution in [0.1, 0.15) is 12.0 Å². The van der Waals surface area contributed by atoms with Crippen molar-refractivity contribution in [2.45, 2.75) is 6.42 Å². The van der Waals surface area contributed by atoms with Gasteiger partial charge in [-0.2, -0.15) is 0 Å². The van der Waals surface area contributed by atoms with E-state index in [2.05, 4.69) is 0 Å². The molecule has 2 heterocycles. The highest BCUT2D eigenvalue weighted by Gasteiger charge is 2.23. The number of fused-ring (bicyclic) bond motifs is 1. The number of hydroxylamine groups is 1. The molecule has 0 bridgehead atoms. The Hall–Kier alpha value is -1.85. The Kier molecular flexibility index (Phi) is 3.71. The van der Waals surface area contributed by atoms with Gasteiger partial charge in [0.25, 0.3) is 0 Å². The highest BCUT2D eigenvalue weighted by molar-refractivity contribution is 5.99. The van der Waals surface area contributed by atoms with E-state index in [0.717, 1.165) is 30.9 Å². The Morgan fingerprint density at radius 2 is 2.30 bits per heavy atom. The lowest BCUT2D eigenvalue weighted by atomic mass is 10.0. The predicted molar refractivity (Wildman–Crippen MR) is 75.8 cm³/mol. The molecule has 1 amide bonds. The van der Waals surface area contributed by atoms with Crippen LogP contribution in [0.3, 0.4) is 0 Å². The van der Waals surface area contributed by atoms with E-state index in [0.29, 0.717) is 24.6 Å². The number of benzene rings is 1. The molecule has 1 atom stereocenters. The van der Waals surface area contributed by atoms with Crippen LogP contribution in [-0.4, -0.2) is 32.3 Å². The highest BCUT2D eigenvalue weighted by Crippen LogP contribution is 2.29. The fourth-order valence-electron chi connectivity index (χ4n) is 2.48. The predicted octanol–water partition coefficient (Wildman–Crippen LogP) is 1.34. The van der Waals surface area contributed by atoms with Crippen molar-refractivity contribution in [3.63, 3.8) is 0 Å². The van der Waals surface area contributed by atoms with Crippen LogP contribution in [0.15, 0.2) is 29.8 Å². The largest absolute Gasteiger partial charge is 0.381 e. The van der Waals surface area contributed by atoms with E-state index in [9.17, 15) is 4.79 Å². The molecular weight excluding hydrogens is 256 g/mol. The molecule has 5 nitrogen and oxygen atoms in total. The molecule has 3 rings (SSSR count). The number of hydrogen-bond acceptors (Lipinski definition) is 4. The number of carbonyl (C=O) groups excluding carboxylic acids is 1. The molecule has 1 fully saturated rings. The summed E-state index contributed by atoms with van der Waals surface area (Å²) in [5.41, 5.74) is 7.88. The maximum atomic E-state index is 11.4. The second-order valence-corrected chi connectivity index (χ2v) is 5.15. The van der Waals surface area contributed by atoms with E-state index in [1.165, 1.54) is 0 Å². The second-order valence-electron chi connectivity index (χ2n) is 5.15. The van der Waals surface area contributed by atoms with Gasteiger partial charge in [0.05, 0.1) is 25.4 Å². The maximum absolute atomic E-state index is 11.4. The van der Waals surface area contributed by atoms with Gasteiger partial charge in [0, 0.05) is 23.7 Å². The summed E-state index contributed by atoms with van der Waals surface area (Å²) in [6.07, 6.45) is 2.85. The molecule has 2 aliphatic rings. The van der Waals surface area contributed by atoms with Crippen molar-refractivity contribution in [3.05, 3.63) is 35.4 Å². The van der Waals surface area contributed by atoms with Gasteiger partial charge < -0.3 is 10.5 Å². The van der Waals surface area contributed by atoms with Crippen LogP contribution in [-0.2, 0) is 14.4 Å². The zero-order chi connectivity index (χ0) is 13.9. The average molecular weight is 274 g/mol. The number of nitrogens with zero attached hydrogens (tertiary/aromatic N) is 1. The fraction of sp³-hybridized carbons (Fsp3) is 0.400. The quantitative estimate of drug-likeness (QED) is 0.900. The topological polar surface area (TPSA) is 64.8 Å². The average Bonchev–Trinajstić information content (AvgIpc) is 2.97. The summed E-state index contributed by atoms with van der Waals surface area (Å²) in [6.45, 7) is 2.53. The van der Waals surface area contributed by atoms with Crippen LogP contribution in [0.2, 0.25) is 0 Å². The Morgan fingerprint density at radius 3 is 3.05 bits per heavy atom. The molecule has 0 aromatic heterocycles. The number of primary amides is 1. The third-order valence-electron chi connectivity index (χ3n) is 3.66. The standard InChI is InChI=1S/C15H18N2O3/c16-15(18)13-7-12-3-1-2-4-14(12)17(8-13)20-10-11-5-6-19-9-11/h1-4,7,11H,5-6,8-10H2,(H2,16,18). The fourth-order valence-corrected chi connectivity index (χ4v) is 2.48. The van der Waals surface area contributed by atoms with Crippen molar-refractivity contribution in [2.75, 3.05) is 31.4 Å². The number of hydrogen-bond donors (Lipinski definition) is 1. The SMILES string of the molecule is NC(=O)C1=Cc2ccccc2N(OCC2CCOC2)C1. The minimum absolute atomic E-state index is 0.389. The third kappa shape index (κ3) is 2.69. The summed E-state index contributed by atoms with van der Waals surface area (Å²) in [5.74, 6) is 0.0161. The normalized spacial score (nSPS) is 21.5. The molecule has 0 saturated carbocycles. The Balaban J connectivity index is 1.76. The Labute approximate surface area is 117 Å². The maximum Gasteiger partial charge on any atom is 0.246 e. The molecule has 0 radical (unpaired) electrons. The van der Waals surface area contributed by atoms with Crippen LogP contribution in [0.25, 0.3) is 6.08 Å². The molecule has 1 aromatic rings. The van der Waals surface area contributed by atoms with Crippen LogP contribution in [0.4, 0.5) is 5.69 Å². The lowest BCUT2D eigenvalue weighted by molar-refractivity contribution is -0.114. The van der Waals surface area contributed by atoms with Gasteiger partial charge >= 0.3 is 0 Å². The van der Waals surface area contributed by atoms with Crippen molar-refractivity contribution >= 4 is 17.7 Å². The first kappa shape index (κ1) is 13.1. The zero-order valence-electron chi connectivity index (χ0n) is 11.2. The highest BCUT2D eigenvalue weighted by atomic mass is 16.7. The lowest BCUT2D eigenvalue weighted by Gasteiger charge is -2.30. The Bertz CT molecular complexity index is 536. The van der Waals surface area contributed by atoms with Crippen LogP contribution < -0.4 is 10.8 Å².